The van der Waals surface area contributed by atoms with Gasteiger partial charge in [-0.1, -0.05) is 12.1 Å². The third-order valence-corrected chi connectivity index (χ3v) is 2.62. The van der Waals surface area contributed by atoms with Gasteiger partial charge in [-0.2, -0.15) is 0 Å². The molecular formula is C11H15NO2. The molecule has 14 heavy (non-hydrogen) atoms. The molecule has 1 aromatic carbocycles. The van der Waals surface area contributed by atoms with Gasteiger partial charge in [0.2, 0.25) is 0 Å². The molecule has 1 aliphatic rings. The van der Waals surface area contributed by atoms with Crippen molar-refractivity contribution in [1.29, 1.82) is 0 Å². The minimum Gasteiger partial charge on any atom is -0.491 e. The molecule has 0 heterocycles. The molecule has 3 nitrogen and oxygen atoms in total. The van der Waals surface area contributed by atoms with E-state index in [2.05, 4.69) is 6.07 Å². The molecule has 3 heteroatoms. The lowest BCUT2D eigenvalue weighted by Crippen LogP contribution is -2.06. The summed E-state index contributed by atoms with van der Waals surface area (Å²) >= 11 is 0. The molecule has 0 fully saturated rings. The lowest BCUT2D eigenvalue weighted by Gasteiger charge is -2.10. The highest BCUT2D eigenvalue weighted by Gasteiger charge is 2.21. The van der Waals surface area contributed by atoms with Gasteiger partial charge in [-0.05, 0) is 30.0 Å². The highest BCUT2D eigenvalue weighted by Crippen LogP contribution is 2.35. The number of aliphatic hydroxyl groups excluding tert-OH is 1. The van der Waals surface area contributed by atoms with E-state index in [9.17, 15) is 0 Å². The fourth-order valence-corrected chi connectivity index (χ4v) is 1.94. The molecule has 3 N–H and O–H groups in total. The Hall–Kier alpha value is -1.06. The standard InChI is InChI=1S/C11H15NO2/c12-10-5-4-9-8(10)2-1-3-11(9)14-7-6-13/h1-3,10,13H,4-7,12H2/t10-/m0/s1. The highest BCUT2D eigenvalue weighted by molar-refractivity contribution is 5.44. The van der Waals surface area contributed by atoms with Crippen molar-refractivity contribution in [1.82, 2.24) is 0 Å². The fourth-order valence-electron chi connectivity index (χ4n) is 1.94. The summed E-state index contributed by atoms with van der Waals surface area (Å²) in [5, 5.41) is 8.68. The number of rotatable bonds is 3. The Morgan fingerprint density at radius 3 is 3.14 bits per heavy atom. The second-order valence-corrected chi connectivity index (χ2v) is 3.54. The molecule has 0 radical (unpaired) electrons. The Labute approximate surface area is 83.5 Å². The molecule has 0 aromatic heterocycles. The van der Waals surface area contributed by atoms with Crippen LogP contribution in [0.2, 0.25) is 0 Å². The zero-order valence-corrected chi connectivity index (χ0v) is 8.07. The molecule has 1 aliphatic carbocycles. The van der Waals surface area contributed by atoms with Crippen molar-refractivity contribution in [2.45, 2.75) is 18.9 Å². The maximum atomic E-state index is 8.68. The van der Waals surface area contributed by atoms with Gasteiger partial charge in [0.1, 0.15) is 12.4 Å². The normalized spacial score (nSPS) is 19.4. The summed E-state index contributed by atoms with van der Waals surface area (Å²) in [6, 6.07) is 6.10. The van der Waals surface area contributed by atoms with Crippen LogP contribution in [0.4, 0.5) is 0 Å². The Bertz CT molecular complexity index is 325. The summed E-state index contributed by atoms with van der Waals surface area (Å²) < 4.78 is 5.44. The van der Waals surface area contributed by atoms with Crippen LogP contribution in [0.5, 0.6) is 5.75 Å². The predicted octanol–water partition coefficient (Wildman–Crippen LogP) is 1.00. The van der Waals surface area contributed by atoms with Gasteiger partial charge < -0.3 is 15.6 Å². The molecule has 0 spiro atoms. The molecular weight excluding hydrogens is 178 g/mol. The molecule has 0 saturated carbocycles. The molecule has 0 amide bonds. The van der Waals surface area contributed by atoms with Gasteiger partial charge in [-0.25, -0.2) is 0 Å². The van der Waals surface area contributed by atoms with Crippen LogP contribution in [0.3, 0.4) is 0 Å². The topological polar surface area (TPSA) is 55.5 Å². The van der Waals surface area contributed by atoms with E-state index < -0.39 is 0 Å². The maximum Gasteiger partial charge on any atom is 0.122 e. The average molecular weight is 193 g/mol. The SMILES string of the molecule is N[C@H]1CCc2c(OCCO)cccc21. The second-order valence-electron chi connectivity index (χ2n) is 3.54. The van der Waals surface area contributed by atoms with Gasteiger partial charge in [0.25, 0.3) is 0 Å². The number of ether oxygens (including phenoxy) is 1. The van der Waals surface area contributed by atoms with E-state index in [1.165, 1.54) is 11.1 Å². The van der Waals surface area contributed by atoms with Crippen LogP contribution in [0.1, 0.15) is 23.6 Å². The lowest BCUT2D eigenvalue weighted by atomic mass is 10.1. The first-order chi connectivity index (χ1) is 6.83. The van der Waals surface area contributed by atoms with E-state index in [-0.39, 0.29) is 12.6 Å². The van der Waals surface area contributed by atoms with Gasteiger partial charge in [0.05, 0.1) is 6.61 Å². The van der Waals surface area contributed by atoms with Crippen molar-refractivity contribution in [2.24, 2.45) is 5.73 Å². The Kier molecular flexibility index (Phi) is 2.70. The summed E-state index contributed by atoms with van der Waals surface area (Å²) in [6.45, 7) is 0.404. The summed E-state index contributed by atoms with van der Waals surface area (Å²) in [6.07, 6.45) is 1.98. The average Bonchev–Trinajstić information content (AvgIpc) is 2.58. The quantitative estimate of drug-likeness (QED) is 0.753. The first-order valence-electron chi connectivity index (χ1n) is 4.94. The van der Waals surface area contributed by atoms with E-state index >= 15 is 0 Å². The summed E-state index contributed by atoms with van der Waals surface area (Å²) in [4.78, 5) is 0. The third-order valence-electron chi connectivity index (χ3n) is 2.62. The van der Waals surface area contributed by atoms with Crippen molar-refractivity contribution < 1.29 is 9.84 Å². The van der Waals surface area contributed by atoms with Gasteiger partial charge >= 0.3 is 0 Å². The lowest BCUT2D eigenvalue weighted by molar-refractivity contribution is 0.200. The smallest absolute Gasteiger partial charge is 0.122 e. The Morgan fingerprint density at radius 1 is 1.50 bits per heavy atom. The van der Waals surface area contributed by atoms with E-state index in [4.69, 9.17) is 15.6 Å². The molecule has 0 unspecified atom stereocenters. The minimum absolute atomic E-state index is 0.0513. The van der Waals surface area contributed by atoms with Gasteiger partial charge in [-0.3, -0.25) is 0 Å². The van der Waals surface area contributed by atoms with Crippen LogP contribution in [0, 0.1) is 0 Å². The Morgan fingerprint density at radius 2 is 2.36 bits per heavy atom. The fraction of sp³-hybridized carbons (Fsp3) is 0.455. The first kappa shape index (κ1) is 9.49. The van der Waals surface area contributed by atoms with E-state index in [1.54, 1.807) is 0 Å². The zero-order valence-electron chi connectivity index (χ0n) is 8.07. The molecule has 76 valence electrons. The van der Waals surface area contributed by atoms with Gasteiger partial charge in [-0.15, -0.1) is 0 Å². The van der Waals surface area contributed by atoms with Crippen LogP contribution in [0.15, 0.2) is 18.2 Å². The summed E-state index contributed by atoms with van der Waals surface area (Å²) in [5.74, 6) is 0.879. The number of hydrogen-bond donors (Lipinski definition) is 2. The summed E-state index contributed by atoms with van der Waals surface area (Å²) in [5.41, 5.74) is 8.35. The van der Waals surface area contributed by atoms with Crippen LogP contribution in [-0.4, -0.2) is 18.3 Å². The molecule has 0 saturated heterocycles. The van der Waals surface area contributed by atoms with Crippen LogP contribution in [0.25, 0.3) is 0 Å². The molecule has 0 bridgehead atoms. The van der Waals surface area contributed by atoms with Crippen LogP contribution in [-0.2, 0) is 6.42 Å². The predicted molar refractivity (Wildman–Crippen MR) is 54.3 cm³/mol. The minimum atomic E-state index is 0.0513. The monoisotopic (exact) mass is 193 g/mol. The van der Waals surface area contributed by atoms with Crippen LogP contribution >= 0.6 is 0 Å². The first-order valence-corrected chi connectivity index (χ1v) is 4.94. The zero-order chi connectivity index (χ0) is 9.97. The molecule has 1 aromatic rings. The van der Waals surface area contributed by atoms with Crippen LogP contribution < -0.4 is 10.5 Å². The number of hydrogen-bond acceptors (Lipinski definition) is 3. The van der Waals surface area contributed by atoms with Crippen molar-refractivity contribution >= 4 is 0 Å². The largest absolute Gasteiger partial charge is 0.491 e. The Balaban J connectivity index is 2.25. The number of aliphatic hydroxyl groups is 1. The highest BCUT2D eigenvalue weighted by atomic mass is 16.5. The van der Waals surface area contributed by atoms with Crippen molar-refractivity contribution in [2.75, 3.05) is 13.2 Å². The van der Waals surface area contributed by atoms with Gasteiger partial charge in [0.15, 0.2) is 0 Å². The summed E-state index contributed by atoms with van der Waals surface area (Å²) in [7, 11) is 0. The number of fused-ring (bicyclic) bond motifs is 1. The number of benzene rings is 1. The maximum absolute atomic E-state index is 8.68. The van der Waals surface area contributed by atoms with E-state index in [0.29, 0.717) is 6.61 Å². The molecule has 0 aliphatic heterocycles. The van der Waals surface area contributed by atoms with E-state index in [0.717, 1.165) is 18.6 Å². The third kappa shape index (κ3) is 1.61. The van der Waals surface area contributed by atoms with Gasteiger partial charge in [0, 0.05) is 6.04 Å². The van der Waals surface area contributed by atoms with Crippen molar-refractivity contribution in [3.05, 3.63) is 29.3 Å². The molecule has 2 rings (SSSR count). The van der Waals surface area contributed by atoms with Crippen molar-refractivity contribution in [3.8, 4) is 5.75 Å². The number of nitrogens with two attached hydrogens (primary N) is 1. The second kappa shape index (κ2) is 3.98. The van der Waals surface area contributed by atoms with Crippen molar-refractivity contribution in [3.63, 3.8) is 0 Å². The molecule has 1 atom stereocenters. The van der Waals surface area contributed by atoms with E-state index in [1.807, 2.05) is 12.1 Å².